The van der Waals surface area contributed by atoms with Crippen molar-refractivity contribution in [3.05, 3.63) is 117 Å². The fraction of sp³-hybridized carbons (Fsp3) is 0.200. The van der Waals surface area contributed by atoms with Gasteiger partial charge in [-0.05, 0) is 49.6 Å². The lowest BCUT2D eigenvalue weighted by atomic mass is 10.1. The van der Waals surface area contributed by atoms with E-state index in [0.29, 0.717) is 0 Å². The van der Waals surface area contributed by atoms with E-state index in [2.05, 4.69) is 59.8 Å². The Labute approximate surface area is 171 Å². The summed E-state index contributed by atoms with van der Waals surface area (Å²) in [5.41, 5.74) is 7.70. The Bertz CT molecular complexity index is 1200. The molecule has 0 atom stereocenters. The molecular formula is C25H25N3O. The lowest BCUT2D eigenvalue weighted by Crippen LogP contribution is -2.20. The first-order valence-electron chi connectivity index (χ1n) is 9.84. The van der Waals surface area contributed by atoms with Crippen LogP contribution in [-0.2, 0) is 13.0 Å². The zero-order valence-corrected chi connectivity index (χ0v) is 17.1. The average molecular weight is 383 g/mol. The van der Waals surface area contributed by atoms with Crippen molar-refractivity contribution in [3.8, 4) is 5.69 Å². The van der Waals surface area contributed by atoms with Crippen LogP contribution in [0.2, 0.25) is 0 Å². The smallest absolute Gasteiger partial charge is 0.257 e. The lowest BCUT2D eigenvalue weighted by molar-refractivity contribution is 0.752. The van der Waals surface area contributed by atoms with Gasteiger partial charge >= 0.3 is 0 Å². The summed E-state index contributed by atoms with van der Waals surface area (Å²) in [5, 5.41) is 0. The van der Waals surface area contributed by atoms with Crippen molar-refractivity contribution < 1.29 is 0 Å². The zero-order chi connectivity index (χ0) is 20.4. The standard InChI is InChI=1S/C25H25N3O/c1-18-6-8-21(9-7-18)14-23-15-26-17-27(23)16-22-10-11-24(20(3)13-22)28-12-4-5-19(2)25(28)29/h4-13,15,17H,14,16H2,1-3H3. The summed E-state index contributed by atoms with van der Waals surface area (Å²) >= 11 is 0. The topological polar surface area (TPSA) is 39.8 Å². The van der Waals surface area contributed by atoms with Crippen molar-refractivity contribution in [3.63, 3.8) is 0 Å². The number of pyridine rings is 1. The Balaban J connectivity index is 1.58. The van der Waals surface area contributed by atoms with E-state index in [1.165, 1.54) is 22.4 Å². The van der Waals surface area contributed by atoms with Gasteiger partial charge in [0.15, 0.2) is 0 Å². The van der Waals surface area contributed by atoms with Crippen molar-refractivity contribution in [1.82, 2.24) is 14.1 Å². The quantitative estimate of drug-likeness (QED) is 0.505. The minimum Gasteiger partial charge on any atom is -0.330 e. The number of hydrogen-bond donors (Lipinski definition) is 0. The summed E-state index contributed by atoms with van der Waals surface area (Å²) in [5.74, 6) is 0. The average Bonchev–Trinajstić information content (AvgIpc) is 3.13. The van der Waals surface area contributed by atoms with Crippen molar-refractivity contribution in [2.24, 2.45) is 0 Å². The molecule has 2 heterocycles. The Morgan fingerprint density at radius 1 is 0.897 bits per heavy atom. The third kappa shape index (κ3) is 4.06. The van der Waals surface area contributed by atoms with E-state index in [-0.39, 0.29) is 5.56 Å². The molecule has 146 valence electrons. The SMILES string of the molecule is Cc1ccc(Cc2cncn2Cc2ccc(-n3cccc(C)c3=O)c(C)c2)cc1. The first-order valence-corrected chi connectivity index (χ1v) is 9.84. The van der Waals surface area contributed by atoms with Crippen LogP contribution in [0.15, 0.2) is 78.1 Å². The first kappa shape index (κ1) is 18.9. The summed E-state index contributed by atoms with van der Waals surface area (Å²) in [6.45, 7) is 6.75. The molecule has 4 nitrogen and oxygen atoms in total. The highest BCUT2D eigenvalue weighted by atomic mass is 16.1. The van der Waals surface area contributed by atoms with E-state index in [0.717, 1.165) is 29.8 Å². The summed E-state index contributed by atoms with van der Waals surface area (Å²) in [6, 6.07) is 18.7. The highest BCUT2D eigenvalue weighted by molar-refractivity contribution is 5.43. The molecule has 4 aromatic rings. The van der Waals surface area contributed by atoms with Crippen LogP contribution in [0.3, 0.4) is 0 Å². The van der Waals surface area contributed by atoms with Crippen LogP contribution in [0.25, 0.3) is 5.69 Å². The molecule has 0 spiro atoms. The van der Waals surface area contributed by atoms with E-state index in [9.17, 15) is 4.79 Å². The number of hydrogen-bond acceptors (Lipinski definition) is 2. The van der Waals surface area contributed by atoms with Gasteiger partial charge in [0.25, 0.3) is 5.56 Å². The molecule has 0 saturated carbocycles. The largest absolute Gasteiger partial charge is 0.330 e. The van der Waals surface area contributed by atoms with E-state index < -0.39 is 0 Å². The van der Waals surface area contributed by atoms with Crippen LogP contribution in [0.1, 0.15) is 33.5 Å². The van der Waals surface area contributed by atoms with Gasteiger partial charge in [-0.15, -0.1) is 0 Å². The van der Waals surface area contributed by atoms with Crippen molar-refractivity contribution >= 4 is 0 Å². The third-order valence-corrected chi connectivity index (χ3v) is 5.32. The molecule has 0 amide bonds. The molecule has 0 aliphatic carbocycles. The minimum absolute atomic E-state index is 0.0262. The van der Waals surface area contributed by atoms with E-state index >= 15 is 0 Å². The summed E-state index contributed by atoms with van der Waals surface area (Å²) in [4.78, 5) is 16.8. The van der Waals surface area contributed by atoms with Crippen molar-refractivity contribution in [2.45, 2.75) is 33.7 Å². The maximum absolute atomic E-state index is 12.5. The third-order valence-electron chi connectivity index (χ3n) is 5.32. The molecule has 0 fully saturated rings. The van der Waals surface area contributed by atoms with Crippen LogP contribution in [0, 0.1) is 20.8 Å². The molecule has 0 aliphatic rings. The fourth-order valence-corrected chi connectivity index (χ4v) is 3.63. The van der Waals surface area contributed by atoms with Crippen LogP contribution >= 0.6 is 0 Å². The van der Waals surface area contributed by atoms with Crippen LogP contribution < -0.4 is 5.56 Å². The van der Waals surface area contributed by atoms with E-state index in [1.807, 2.05) is 43.8 Å². The van der Waals surface area contributed by atoms with Crippen molar-refractivity contribution in [2.75, 3.05) is 0 Å². The second-order valence-corrected chi connectivity index (χ2v) is 7.66. The van der Waals surface area contributed by atoms with Crippen LogP contribution in [0.5, 0.6) is 0 Å². The molecule has 2 aromatic heterocycles. The highest BCUT2D eigenvalue weighted by Crippen LogP contribution is 2.17. The van der Waals surface area contributed by atoms with Gasteiger partial charge in [-0.2, -0.15) is 0 Å². The van der Waals surface area contributed by atoms with E-state index in [1.54, 1.807) is 4.57 Å². The molecule has 0 saturated heterocycles. The second kappa shape index (κ2) is 7.92. The molecule has 0 unspecified atom stereocenters. The Kier molecular flexibility index (Phi) is 5.17. The van der Waals surface area contributed by atoms with Crippen LogP contribution in [-0.4, -0.2) is 14.1 Å². The molecule has 0 aliphatic heterocycles. The normalized spacial score (nSPS) is 11.0. The molecule has 29 heavy (non-hydrogen) atoms. The maximum atomic E-state index is 12.5. The van der Waals surface area contributed by atoms with Gasteiger partial charge in [-0.1, -0.05) is 48.0 Å². The molecule has 0 bridgehead atoms. The molecule has 4 rings (SSSR count). The minimum atomic E-state index is 0.0262. The van der Waals surface area contributed by atoms with Gasteiger partial charge in [0.1, 0.15) is 0 Å². The van der Waals surface area contributed by atoms with Crippen LogP contribution in [0.4, 0.5) is 0 Å². The summed E-state index contributed by atoms with van der Waals surface area (Å²) < 4.78 is 3.90. The van der Waals surface area contributed by atoms with Gasteiger partial charge in [-0.25, -0.2) is 4.98 Å². The maximum Gasteiger partial charge on any atom is 0.257 e. The zero-order valence-electron chi connectivity index (χ0n) is 17.1. The van der Waals surface area contributed by atoms with E-state index in [4.69, 9.17) is 0 Å². The summed E-state index contributed by atoms with van der Waals surface area (Å²) in [6.07, 6.45) is 6.51. The second-order valence-electron chi connectivity index (χ2n) is 7.66. The number of rotatable bonds is 5. The number of benzene rings is 2. The van der Waals surface area contributed by atoms with Gasteiger partial charge in [-0.3, -0.25) is 9.36 Å². The molecule has 2 aromatic carbocycles. The predicted molar refractivity (Wildman–Crippen MR) is 117 cm³/mol. The van der Waals surface area contributed by atoms with Crippen molar-refractivity contribution in [1.29, 1.82) is 0 Å². The molecule has 0 radical (unpaired) electrons. The van der Waals surface area contributed by atoms with Gasteiger partial charge in [0.2, 0.25) is 0 Å². The summed E-state index contributed by atoms with van der Waals surface area (Å²) in [7, 11) is 0. The highest BCUT2D eigenvalue weighted by Gasteiger charge is 2.08. The Morgan fingerprint density at radius 2 is 1.66 bits per heavy atom. The lowest BCUT2D eigenvalue weighted by Gasteiger charge is -2.13. The number of imidazole rings is 1. The van der Waals surface area contributed by atoms with Gasteiger partial charge in [0.05, 0.1) is 12.0 Å². The monoisotopic (exact) mass is 383 g/mol. The van der Waals surface area contributed by atoms with Gasteiger partial charge in [0, 0.05) is 36.6 Å². The molecule has 4 heteroatoms. The Morgan fingerprint density at radius 3 is 2.41 bits per heavy atom. The Hall–Kier alpha value is -3.40. The number of aromatic nitrogens is 3. The fourth-order valence-electron chi connectivity index (χ4n) is 3.63. The van der Waals surface area contributed by atoms with Gasteiger partial charge < -0.3 is 4.57 Å². The number of nitrogens with zero attached hydrogens (tertiary/aromatic N) is 3. The molecule has 0 N–H and O–H groups in total. The first-order chi connectivity index (χ1) is 14.0. The predicted octanol–water partition coefficient (Wildman–Crippen LogP) is 4.60. The number of aryl methyl sites for hydroxylation is 3. The molecular weight excluding hydrogens is 358 g/mol.